The molecule has 0 aliphatic carbocycles. The van der Waals surface area contributed by atoms with Crippen LogP contribution in [-0.2, 0) is 9.53 Å². The number of nitrogens with one attached hydrogen (secondary N) is 1. The summed E-state index contributed by atoms with van der Waals surface area (Å²) in [6.07, 6.45) is -5.10. The molecule has 0 spiro atoms. The van der Waals surface area contributed by atoms with Gasteiger partial charge in [0.25, 0.3) is 5.69 Å². The molecule has 28 heavy (non-hydrogen) atoms. The summed E-state index contributed by atoms with van der Waals surface area (Å²) in [6, 6.07) is 9.30. The van der Waals surface area contributed by atoms with Gasteiger partial charge in [0.2, 0.25) is 5.78 Å². The second-order valence-electron chi connectivity index (χ2n) is 5.34. The molecular weight excluding hydrogens is 385 g/mol. The van der Waals surface area contributed by atoms with Gasteiger partial charge < -0.3 is 10.1 Å². The predicted molar refractivity (Wildman–Crippen MR) is 88.8 cm³/mol. The third-order valence-corrected chi connectivity index (χ3v) is 3.33. The van der Waals surface area contributed by atoms with E-state index in [1.165, 1.54) is 30.3 Å². The van der Waals surface area contributed by atoms with Gasteiger partial charge in [-0.25, -0.2) is 4.79 Å². The average molecular weight is 396 g/mol. The second-order valence-corrected chi connectivity index (χ2v) is 5.34. The molecule has 0 fully saturated rings. The van der Waals surface area contributed by atoms with Crippen LogP contribution in [0.5, 0.6) is 0 Å². The lowest BCUT2D eigenvalue weighted by atomic mass is 10.1. The number of esters is 1. The van der Waals surface area contributed by atoms with E-state index < -0.39 is 35.4 Å². The van der Waals surface area contributed by atoms with Crippen LogP contribution in [0.2, 0.25) is 0 Å². The third kappa shape index (κ3) is 5.37. The Morgan fingerprint density at radius 3 is 2.32 bits per heavy atom. The summed E-state index contributed by atoms with van der Waals surface area (Å²) in [5.41, 5.74) is -0.855. The quantitative estimate of drug-likeness (QED) is 0.347. The Balaban J connectivity index is 2.02. The van der Waals surface area contributed by atoms with Gasteiger partial charge >= 0.3 is 18.1 Å². The van der Waals surface area contributed by atoms with Gasteiger partial charge in [0, 0.05) is 23.4 Å². The molecule has 11 heteroatoms. The largest absolute Gasteiger partial charge is 0.471 e. The number of ether oxygens (including phenoxy) is 1. The van der Waals surface area contributed by atoms with Gasteiger partial charge in [0.1, 0.15) is 0 Å². The Bertz CT molecular complexity index is 942. The summed E-state index contributed by atoms with van der Waals surface area (Å²) in [5.74, 6) is -3.95. The molecule has 2 aromatic rings. The minimum absolute atomic E-state index is 0.0480. The van der Waals surface area contributed by atoms with Crippen molar-refractivity contribution in [3.63, 3.8) is 0 Å². The number of carbonyl (C=O) groups is 3. The molecule has 0 radical (unpaired) electrons. The second kappa shape index (κ2) is 8.29. The van der Waals surface area contributed by atoms with Gasteiger partial charge in [-0.1, -0.05) is 18.2 Å². The zero-order chi connectivity index (χ0) is 20.9. The Morgan fingerprint density at radius 1 is 1.04 bits per heavy atom. The first-order chi connectivity index (χ1) is 13.1. The highest BCUT2D eigenvalue weighted by atomic mass is 19.4. The van der Waals surface area contributed by atoms with Gasteiger partial charge in [-0.15, -0.1) is 0 Å². The van der Waals surface area contributed by atoms with E-state index in [1.54, 1.807) is 5.32 Å². The number of ketones is 1. The summed E-state index contributed by atoms with van der Waals surface area (Å²) in [7, 11) is 0. The van der Waals surface area contributed by atoms with E-state index in [1.807, 2.05) is 0 Å². The number of nitrogens with zero attached hydrogens (tertiary/aromatic N) is 1. The SMILES string of the molecule is O=C(COC(=O)c1cccc(NC(=O)C(F)(F)F)c1)c1cccc([N+](=O)[O-])c1. The van der Waals surface area contributed by atoms with Crippen LogP contribution in [0.25, 0.3) is 0 Å². The van der Waals surface area contributed by atoms with Gasteiger partial charge in [-0.05, 0) is 18.2 Å². The topological polar surface area (TPSA) is 116 Å². The van der Waals surface area contributed by atoms with Crippen LogP contribution in [0.4, 0.5) is 24.5 Å². The molecule has 0 aliphatic rings. The fraction of sp³-hybridized carbons (Fsp3) is 0.118. The van der Waals surface area contributed by atoms with E-state index in [0.29, 0.717) is 0 Å². The molecule has 0 saturated carbocycles. The summed E-state index contributed by atoms with van der Waals surface area (Å²) in [4.78, 5) is 44.9. The van der Waals surface area contributed by atoms with Crippen LogP contribution in [0.15, 0.2) is 48.5 Å². The first-order valence-electron chi connectivity index (χ1n) is 7.51. The molecule has 0 saturated heterocycles. The zero-order valence-electron chi connectivity index (χ0n) is 13.9. The number of amides is 1. The number of nitro groups is 1. The van der Waals surface area contributed by atoms with Crippen LogP contribution in [0.3, 0.4) is 0 Å². The van der Waals surface area contributed by atoms with Crippen molar-refractivity contribution in [3.8, 4) is 0 Å². The Kier molecular flexibility index (Phi) is 6.08. The van der Waals surface area contributed by atoms with E-state index >= 15 is 0 Å². The van der Waals surface area contributed by atoms with E-state index in [2.05, 4.69) is 0 Å². The highest BCUT2D eigenvalue weighted by molar-refractivity contribution is 6.00. The number of halogens is 3. The number of non-ortho nitro benzene ring substituents is 1. The summed E-state index contributed by atoms with van der Waals surface area (Å²) >= 11 is 0. The maximum atomic E-state index is 12.3. The molecular formula is C17H11F3N2O6. The number of anilines is 1. The summed E-state index contributed by atoms with van der Waals surface area (Å²) < 4.78 is 41.6. The minimum Gasteiger partial charge on any atom is -0.454 e. The fourth-order valence-electron chi connectivity index (χ4n) is 2.02. The van der Waals surface area contributed by atoms with Crippen molar-refractivity contribution < 1.29 is 37.2 Å². The smallest absolute Gasteiger partial charge is 0.454 e. The number of carbonyl (C=O) groups excluding carboxylic acids is 3. The number of rotatable bonds is 6. The molecule has 8 nitrogen and oxygen atoms in total. The number of Topliss-reactive ketones (excluding diaryl/α,β-unsaturated/α-hetero) is 1. The van der Waals surface area contributed by atoms with Gasteiger partial charge in [-0.2, -0.15) is 13.2 Å². The van der Waals surface area contributed by atoms with Gasteiger partial charge in [0.15, 0.2) is 6.61 Å². The van der Waals surface area contributed by atoms with Crippen molar-refractivity contribution in [2.24, 2.45) is 0 Å². The zero-order valence-corrected chi connectivity index (χ0v) is 13.9. The lowest BCUT2D eigenvalue weighted by molar-refractivity contribution is -0.384. The standard InChI is InChI=1S/C17H11F3N2O6/c18-17(19,20)16(25)21-12-5-1-4-11(7-12)15(24)28-9-14(23)10-3-2-6-13(8-10)22(26)27/h1-8H,9H2,(H,21,25). The van der Waals surface area contributed by atoms with E-state index in [4.69, 9.17) is 4.74 Å². The lowest BCUT2D eigenvalue weighted by Gasteiger charge is -2.09. The van der Waals surface area contributed by atoms with Crippen LogP contribution in [0.1, 0.15) is 20.7 Å². The molecule has 0 aromatic heterocycles. The van der Waals surface area contributed by atoms with Gasteiger partial charge in [0.05, 0.1) is 10.5 Å². The first-order valence-corrected chi connectivity index (χ1v) is 7.51. The molecule has 0 aliphatic heterocycles. The van der Waals surface area contributed by atoms with E-state index in [9.17, 15) is 37.7 Å². The van der Waals surface area contributed by atoms with E-state index in [-0.39, 0.29) is 22.5 Å². The molecule has 0 bridgehead atoms. The maximum Gasteiger partial charge on any atom is 0.471 e. The predicted octanol–water partition coefficient (Wildman–Crippen LogP) is 3.14. The average Bonchev–Trinajstić information content (AvgIpc) is 2.65. The highest BCUT2D eigenvalue weighted by Gasteiger charge is 2.38. The number of alkyl halides is 3. The Hall–Kier alpha value is -3.76. The molecule has 0 unspecified atom stereocenters. The molecule has 1 N–H and O–H groups in total. The molecule has 1 amide bonds. The molecule has 0 heterocycles. The van der Waals surface area contributed by atoms with Crippen LogP contribution in [-0.4, -0.2) is 35.4 Å². The molecule has 2 aromatic carbocycles. The van der Waals surface area contributed by atoms with Crippen molar-refractivity contribution in [1.82, 2.24) is 0 Å². The minimum atomic E-state index is -5.10. The molecule has 146 valence electrons. The van der Waals surface area contributed by atoms with Crippen molar-refractivity contribution in [3.05, 3.63) is 69.8 Å². The number of benzene rings is 2. The number of nitro benzene ring substituents is 1. The number of hydrogen-bond acceptors (Lipinski definition) is 6. The van der Waals surface area contributed by atoms with Crippen molar-refractivity contribution in [1.29, 1.82) is 0 Å². The third-order valence-electron chi connectivity index (χ3n) is 3.33. The number of hydrogen-bond donors (Lipinski definition) is 1. The maximum absolute atomic E-state index is 12.3. The van der Waals surface area contributed by atoms with Crippen LogP contribution in [0, 0.1) is 10.1 Å². The Labute approximate surface area is 155 Å². The summed E-state index contributed by atoms with van der Waals surface area (Å²) in [5, 5.41) is 12.3. The van der Waals surface area contributed by atoms with Crippen molar-refractivity contribution in [2.75, 3.05) is 11.9 Å². The molecule has 0 atom stereocenters. The van der Waals surface area contributed by atoms with Gasteiger partial charge in [-0.3, -0.25) is 19.7 Å². The van der Waals surface area contributed by atoms with Crippen LogP contribution < -0.4 is 5.32 Å². The summed E-state index contributed by atoms with van der Waals surface area (Å²) in [6.45, 7) is -0.737. The Morgan fingerprint density at radius 2 is 1.68 bits per heavy atom. The van der Waals surface area contributed by atoms with E-state index in [0.717, 1.165) is 18.2 Å². The normalized spacial score (nSPS) is 10.8. The fourth-order valence-corrected chi connectivity index (χ4v) is 2.02. The van der Waals surface area contributed by atoms with Crippen LogP contribution >= 0.6 is 0 Å². The first kappa shape index (κ1) is 20.6. The van der Waals surface area contributed by atoms with Crippen molar-refractivity contribution in [2.45, 2.75) is 6.18 Å². The van der Waals surface area contributed by atoms with Crippen molar-refractivity contribution >= 4 is 29.0 Å². The highest BCUT2D eigenvalue weighted by Crippen LogP contribution is 2.19. The lowest BCUT2D eigenvalue weighted by Crippen LogP contribution is -2.30. The monoisotopic (exact) mass is 396 g/mol. The molecule has 2 rings (SSSR count).